The Labute approximate surface area is 294 Å². The van der Waals surface area contributed by atoms with E-state index >= 15 is 0 Å². The van der Waals surface area contributed by atoms with Gasteiger partial charge in [0, 0.05) is 30.4 Å². The lowest BCUT2D eigenvalue weighted by atomic mass is 9.52. The quantitative estimate of drug-likeness (QED) is 0.149. The van der Waals surface area contributed by atoms with Gasteiger partial charge < -0.3 is 40.4 Å². The van der Waals surface area contributed by atoms with Gasteiger partial charge in [0.1, 0.15) is 17.6 Å². The van der Waals surface area contributed by atoms with Crippen molar-refractivity contribution in [1.29, 1.82) is 0 Å². The fraction of sp³-hybridized carbons (Fsp3) is 0.688. The first-order valence-electron chi connectivity index (χ1n) is 16.2. The predicted octanol–water partition coefficient (Wildman–Crippen LogP) is 2.92. The van der Waals surface area contributed by atoms with Gasteiger partial charge in [-0.25, -0.2) is 0 Å². The van der Waals surface area contributed by atoms with Gasteiger partial charge >= 0.3 is 23.9 Å². The third-order valence-corrected chi connectivity index (χ3v) is 10.7. The van der Waals surface area contributed by atoms with Crippen molar-refractivity contribution in [3.05, 3.63) is 29.3 Å². The van der Waals surface area contributed by atoms with Gasteiger partial charge in [-0.3, -0.25) is 9.59 Å². The van der Waals surface area contributed by atoms with E-state index in [4.69, 9.17) is 19.9 Å². The Morgan fingerprint density at radius 1 is 0.962 bits per heavy atom. The molecular formula is C32H36F9N3O9. The average Bonchev–Trinajstić information content (AvgIpc) is 3.06. The number of ether oxygens (including phenoxy) is 3. The van der Waals surface area contributed by atoms with Crippen molar-refractivity contribution in [3.8, 4) is 5.75 Å². The van der Waals surface area contributed by atoms with Crippen molar-refractivity contribution in [2.75, 3.05) is 7.11 Å². The van der Waals surface area contributed by atoms with Gasteiger partial charge in [0.2, 0.25) is 0 Å². The summed E-state index contributed by atoms with van der Waals surface area (Å²) >= 11 is 0. The molecule has 1 aliphatic heterocycles. The molecule has 0 radical (unpaired) electrons. The number of Topliss-reactive ketones (excluding diaryl/α,β-unsaturated/α-hetero) is 2. The molecule has 12 nitrogen and oxygen atoms in total. The normalized spacial score (nSPS) is 37.3. The van der Waals surface area contributed by atoms with Crippen molar-refractivity contribution in [2.24, 2.45) is 39.6 Å². The molecule has 12 atom stereocenters. The molecule has 1 heterocycles. The topological polar surface area (TPSA) is 193 Å². The van der Waals surface area contributed by atoms with Crippen LogP contribution in [0.15, 0.2) is 28.4 Å². The Hall–Kier alpha value is -3.21. The van der Waals surface area contributed by atoms with Crippen LogP contribution in [0.1, 0.15) is 53.8 Å². The van der Waals surface area contributed by atoms with E-state index in [2.05, 4.69) is 10.2 Å². The molecule has 296 valence electrons. The Bertz CT molecular complexity index is 1650. The van der Waals surface area contributed by atoms with E-state index in [1.807, 2.05) is 0 Å². The first-order chi connectivity index (χ1) is 24.3. The zero-order chi connectivity index (χ0) is 39.8. The molecule has 0 spiro atoms. The number of benzene rings is 1. The lowest BCUT2D eigenvalue weighted by Gasteiger charge is -2.56. The summed E-state index contributed by atoms with van der Waals surface area (Å²) in [7, 11) is 1.25. The summed E-state index contributed by atoms with van der Waals surface area (Å²) in [4.78, 5) is 27.7. The summed E-state index contributed by atoms with van der Waals surface area (Å²) in [5.74, 6) is -27.7. The number of aliphatic hydroxyl groups is 4. The SMILES string of the molecule is COc1cccc2c1C(=O)[C@@H]1[C@H](O)[C@H]3[C@H](C[C@@](O)(/C(C)=N\N=C/C(F)(F)C(F)(F)C(F)(F)C(F)(F)F)C[C@H]3O[C@H]3C[C@H](N)[C@H](O)[C@H](C)O3)[C@@H](O)[C@H]1C2=O. The molecule has 4 aliphatic rings. The number of halogens is 9. The van der Waals surface area contributed by atoms with Crippen molar-refractivity contribution < 1.29 is 83.7 Å². The Balaban J connectivity index is 1.53. The molecular weight excluding hydrogens is 741 g/mol. The van der Waals surface area contributed by atoms with E-state index in [1.165, 1.54) is 32.2 Å². The Kier molecular flexibility index (Phi) is 10.7. The maximum atomic E-state index is 14.1. The van der Waals surface area contributed by atoms with E-state index in [1.54, 1.807) is 0 Å². The van der Waals surface area contributed by atoms with Crippen molar-refractivity contribution in [3.63, 3.8) is 0 Å². The molecule has 2 saturated carbocycles. The largest absolute Gasteiger partial charge is 0.496 e. The number of nitrogens with two attached hydrogens (primary N) is 1. The Morgan fingerprint density at radius 3 is 2.17 bits per heavy atom. The number of nitrogens with zero attached hydrogens (tertiary/aromatic N) is 2. The van der Waals surface area contributed by atoms with Crippen molar-refractivity contribution >= 4 is 23.5 Å². The second-order valence-electron chi connectivity index (χ2n) is 13.9. The van der Waals surface area contributed by atoms with Crippen LogP contribution >= 0.6 is 0 Å². The van der Waals surface area contributed by atoms with E-state index in [-0.39, 0.29) is 23.3 Å². The molecule has 0 amide bonds. The molecule has 3 aliphatic carbocycles. The summed E-state index contributed by atoms with van der Waals surface area (Å²) in [6.07, 6.45) is -18.2. The monoisotopic (exact) mass is 777 g/mol. The first-order valence-corrected chi connectivity index (χ1v) is 16.2. The van der Waals surface area contributed by atoms with Gasteiger partial charge in [-0.1, -0.05) is 12.1 Å². The van der Waals surface area contributed by atoms with Crippen molar-refractivity contribution in [1.82, 2.24) is 0 Å². The van der Waals surface area contributed by atoms with E-state index in [0.717, 1.165) is 6.92 Å². The first kappa shape index (κ1) is 41.0. The highest BCUT2D eigenvalue weighted by molar-refractivity contribution is 6.18. The maximum absolute atomic E-state index is 14.1. The minimum atomic E-state index is -7.19. The number of aliphatic hydroxyl groups excluding tert-OH is 3. The minimum Gasteiger partial charge on any atom is -0.496 e. The maximum Gasteiger partial charge on any atom is 0.460 e. The number of rotatable bonds is 8. The standard InChI is InChI=1S/C32H36F9N3O9/c1-11-23(45)15(42)7-18(52-11)53-17-9-28(50,12(2)44-43-10-29(33,34)30(35,36)31(37,38)32(39,40)41)8-14-20(17)27(49)22-21(25(14)47)24(46)13-5-4-6-16(51-3)19(13)26(22)48/h4-6,10-11,14-15,17-18,20-23,25,27,45,47,49-50H,7-9,42H2,1-3H3/b43-10-,44-12-/t11-,14-,15-,17+,18-,20-,21+,22+,23+,25+,27+,28-/m0/s1. The predicted molar refractivity (Wildman–Crippen MR) is 162 cm³/mol. The fourth-order valence-electron chi connectivity index (χ4n) is 7.80. The third kappa shape index (κ3) is 6.64. The van der Waals surface area contributed by atoms with Crippen LogP contribution in [0.4, 0.5) is 39.5 Å². The van der Waals surface area contributed by atoms with Crippen LogP contribution in [0.25, 0.3) is 0 Å². The van der Waals surface area contributed by atoms with Crippen molar-refractivity contribution in [2.45, 2.75) is 106 Å². The number of hydrogen-bond donors (Lipinski definition) is 5. The third-order valence-electron chi connectivity index (χ3n) is 10.7. The van der Waals surface area contributed by atoms with Crippen LogP contribution < -0.4 is 10.5 Å². The summed E-state index contributed by atoms with van der Waals surface area (Å²) in [5, 5.41) is 51.5. The van der Waals surface area contributed by atoms with Gasteiger partial charge in [0.15, 0.2) is 17.9 Å². The molecule has 0 unspecified atom stereocenters. The van der Waals surface area contributed by atoms with Gasteiger partial charge in [-0.15, -0.1) is 0 Å². The van der Waals surface area contributed by atoms with E-state index < -0.39 is 132 Å². The smallest absolute Gasteiger partial charge is 0.460 e. The second-order valence-corrected chi connectivity index (χ2v) is 13.9. The van der Waals surface area contributed by atoms with Crippen LogP contribution in [0.3, 0.4) is 0 Å². The summed E-state index contributed by atoms with van der Waals surface area (Å²) in [6.45, 7) is 2.37. The molecule has 1 saturated heterocycles. The number of hydrogen-bond acceptors (Lipinski definition) is 12. The van der Waals surface area contributed by atoms with Crippen LogP contribution in [-0.4, -0.2) is 123 Å². The summed E-state index contributed by atoms with van der Waals surface area (Å²) in [5.41, 5.74) is 2.59. The van der Waals surface area contributed by atoms with Crippen LogP contribution in [0.5, 0.6) is 5.75 Å². The number of methoxy groups -OCH3 is 1. The lowest BCUT2D eigenvalue weighted by Crippen LogP contribution is -2.66. The number of carbonyl (C=O) groups is 2. The molecule has 6 N–H and O–H groups in total. The fourth-order valence-corrected chi connectivity index (χ4v) is 7.80. The zero-order valence-corrected chi connectivity index (χ0v) is 28.0. The van der Waals surface area contributed by atoms with Crippen LogP contribution in [0.2, 0.25) is 0 Å². The van der Waals surface area contributed by atoms with Gasteiger partial charge in [0.25, 0.3) is 0 Å². The highest BCUT2D eigenvalue weighted by Crippen LogP contribution is 2.55. The number of ketones is 2. The molecule has 53 heavy (non-hydrogen) atoms. The number of carbonyl (C=O) groups excluding carboxylic acids is 2. The number of fused-ring (bicyclic) bond motifs is 3. The van der Waals surface area contributed by atoms with E-state index in [0.29, 0.717) is 0 Å². The molecule has 1 aromatic rings. The van der Waals surface area contributed by atoms with E-state index in [9.17, 15) is 69.5 Å². The second kappa shape index (κ2) is 13.8. The zero-order valence-electron chi connectivity index (χ0n) is 28.0. The van der Waals surface area contributed by atoms with Gasteiger partial charge in [-0.05, 0) is 32.3 Å². The average molecular weight is 778 g/mol. The molecule has 1 aromatic carbocycles. The molecule has 21 heteroatoms. The Morgan fingerprint density at radius 2 is 1.58 bits per heavy atom. The summed E-state index contributed by atoms with van der Waals surface area (Å²) in [6, 6.07) is 3.23. The number of alkyl halides is 9. The highest BCUT2D eigenvalue weighted by atomic mass is 19.4. The molecule has 3 fully saturated rings. The molecule has 0 bridgehead atoms. The minimum absolute atomic E-state index is 0.0175. The van der Waals surface area contributed by atoms with Crippen LogP contribution in [-0.2, 0) is 9.47 Å². The summed E-state index contributed by atoms with van der Waals surface area (Å²) < 4.78 is 137. The molecule has 5 rings (SSSR count). The highest BCUT2D eigenvalue weighted by Gasteiger charge is 2.81. The van der Waals surface area contributed by atoms with Gasteiger partial charge in [-0.2, -0.15) is 49.7 Å². The van der Waals surface area contributed by atoms with Gasteiger partial charge in [0.05, 0.1) is 60.7 Å². The lowest BCUT2D eigenvalue weighted by molar-refractivity contribution is -0.384. The van der Waals surface area contributed by atoms with Crippen LogP contribution in [0, 0.1) is 23.7 Å². The molecule has 0 aromatic heterocycles.